The van der Waals surface area contributed by atoms with Crippen LogP contribution >= 0.6 is 0 Å². The van der Waals surface area contributed by atoms with Crippen molar-refractivity contribution < 1.29 is 12.8 Å². The fourth-order valence-electron chi connectivity index (χ4n) is 2.83. The van der Waals surface area contributed by atoms with E-state index in [-0.39, 0.29) is 28.5 Å². The van der Waals surface area contributed by atoms with E-state index in [2.05, 4.69) is 0 Å². The van der Waals surface area contributed by atoms with Gasteiger partial charge in [-0.25, -0.2) is 12.8 Å². The van der Waals surface area contributed by atoms with Crippen LogP contribution in [0, 0.1) is 17.7 Å². The Labute approximate surface area is 119 Å². The Morgan fingerprint density at radius 2 is 1.95 bits per heavy atom. The van der Waals surface area contributed by atoms with Crippen LogP contribution in [0.1, 0.15) is 27.2 Å². The molecule has 1 aliphatic heterocycles. The van der Waals surface area contributed by atoms with E-state index >= 15 is 0 Å². The monoisotopic (exact) mass is 300 g/mol. The first-order valence-electron chi connectivity index (χ1n) is 6.80. The number of piperidine rings is 1. The van der Waals surface area contributed by atoms with Crippen LogP contribution in [0.25, 0.3) is 0 Å². The molecule has 6 heteroatoms. The van der Waals surface area contributed by atoms with Gasteiger partial charge < -0.3 is 5.73 Å². The molecule has 0 aromatic heterocycles. The summed E-state index contributed by atoms with van der Waals surface area (Å²) in [5.41, 5.74) is 5.69. The topological polar surface area (TPSA) is 63.4 Å². The number of hydrogen-bond donors (Lipinski definition) is 1. The van der Waals surface area contributed by atoms with Crippen LogP contribution in [-0.2, 0) is 10.0 Å². The summed E-state index contributed by atoms with van der Waals surface area (Å²) < 4.78 is 40.7. The minimum atomic E-state index is -3.82. The molecule has 0 radical (unpaired) electrons. The average molecular weight is 300 g/mol. The zero-order valence-corrected chi connectivity index (χ0v) is 12.8. The maximum Gasteiger partial charge on any atom is 0.246 e. The number of sulfonamides is 1. The van der Waals surface area contributed by atoms with Crippen LogP contribution in [0.4, 0.5) is 10.1 Å². The summed E-state index contributed by atoms with van der Waals surface area (Å²) in [5.74, 6) is -0.263. The molecule has 20 heavy (non-hydrogen) atoms. The van der Waals surface area contributed by atoms with E-state index in [1.807, 2.05) is 20.8 Å². The van der Waals surface area contributed by atoms with Gasteiger partial charge in [0.1, 0.15) is 10.7 Å². The lowest BCUT2D eigenvalue weighted by Gasteiger charge is -2.40. The summed E-state index contributed by atoms with van der Waals surface area (Å²) in [7, 11) is -3.82. The molecular formula is C14H21FN2O2S. The van der Waals surface area contributed by atoms with Gasteiger partial charge in [0.2, 0.25) is 10.0 Å². The Balaban J connectivity index is 2.43. The molecular weight excluding hydrogens is 279 g/mol. The molecule has 1 saturated heterocycles. The summed E-state index contributed by atoms with van der Waals surface area (Å²) in [4.78, 5) is -0.292. The first-order chi connectivity index (χ1) is 9.23. The minimum absolute atomic E-state index is 0.131. The molecule has 2 N–H and O–H groups in total. The van der Waals surface area contributed by atoms with Crippen molar-refractivity contribution in [1.82, 2.24) is 4.31 Å². The lowest BCUT2D eigenvalue weighted by Crippen LogP contribution is -2.48. The molecule has 3 unspecified atom stereocenters. The molecule has 0 spiro atoms. The molecule has 0 amide bonds. The minimum Gasteiger partial charge on any atom is -0.399 e. The lowest BCUT2D eigenvalue weighted by atomic mass is 9.88. The summed E-state index contributed by atoms with van der Waals surface area (Å²) in [6.07, 6.45) is 0.984. The molecule has 0 bridgehead atoms. The molecule has 4 nitrogen and oxygen atoms in total. The Morgan fingerprint density at radius 1 is 1.30 bits per heavy atom. The highest BCUT2D eigenvalue weighted by molar-refractivity contribution is 7.89. The molecule has 0 saturated carbocycles. The number of halogens is 1. The van der Waals surface area contributed by atoms with Crippen molar-refractivity contribution in [1.29, 1.82) is 0 Å². The Hall–Kier alpha value is -1.14. The second-order valence-electron chi connectivity index (χ2n) is 5.82. The average Bonchev–Trinajstić information content (AvgIpc) is 2.33. The summed E-state index contributed by atoms with van der Waals surface area (Å²) in [6.45, 7) is 6.35. The number of hydrogen-bond acceptors (Lipinski definition) is 3. The summed E-state index contributed by atoms with van der Waals surface area (Å²) in [6, 6.07) is 3.58. The fourth-order valence-corrected chi connectivity index (χ4v) is 4.73. The molecule has 1 aromatic carbocycles. The molecule has 2 rings (SSSR count). The van der Waals surface area contributed by atoms with Crippen LogP contribution in [-0.4, -0.2) is 25.3 Å². The van der Waals surface area contributed by atoms with Gasteiger partial charge in [-0.2, -0.15) is 4.31 Å². The molecule has 1 fully saturated rings. The molecule has 1 aliphatic rings. The Bertz CT molecular complexity index is 603. The Morgan fingerprint density at radius 3 is 2.55 bits per heavy atom. The summed E-state index contributed by atoms with van der Waals surface area (Å²) in [5, 5.41) is 0. The zero-order valence-electron chi connectivity index (χ0n) is 12.0. The van der Waals surface area contributed by atoms with Crippen molar-refractivity contribution in [3.8, 4) is 0 Å². The zero-order chi connectivity index (χ0) is 15.1. The maximum atomic E-state index is 13.9. The van der Waals surface area contributed by atoms with Crippen LogP contribution in [0.5, 0.6) is 0 Å². The highest BCUT2D eigenvalue weighted by atomic mass is 32.2. The van der Waals surface area contributed by atoms with Crippen LogP contribution < -0.4 is 5.73 Å². The van der Waals surface area contributed by atoms with Crippen molar-refractivity contribution in [3.05, 3.63) is 24.0 Å². The third kappa shape index (κ3) is 2.67. The van der Waals surface area contributed by atoms with Gasteiger partial charge in [-0.3, -0.25) is 0 Å². The van der Waals surface area contributed by atoms with Gasteiger partial charge in [-0.05, 0) is 43.4 Å². The smallest absolute Gasteiger partial charge is 0.246 e. The van der Waals surface area contributed by atoms with Crippen molar-refractivity contribution >= 4 is 15.7 Å². The largest absolute Gasteiger partial charge is 0.399 e. The van der Waals surface area contributed by atoms with E-state index in [9.17, 15) is 12.8 Å². The number of anilines is 1. The molecule has 3 atom stereocenters. The van der Waals surface area contributed by atoms with Crippen molar-refractivity contribution in [2.75, 3.05) is 12.3 Å². The number of nitrogens with zero attached hydrogens (tertiary/aromatic N) is 1. The van der Waals surface area contributed by atoms with Crippen molar-refractivity contribution in [3.63, 3.8) is 0 Å². The fraction of sp³-hybridized carbons (Fsp3) is 0.571. The van der Waals surface area contributed by atoms with Gasteiger partial charge in [0, 0.05) is 18.3 Å². The van der Waals surface area contributed by atoms with E-state index < -0.39 is 15.8 Å². The molecule has 0 aliphatic carbocycles. The van der Waals surface area contributed by atoms with E-state index in [1.165, 1.54) is 16.4 Å². The summed E-state index contributed by atoms with van der Waals surface area (Å²) >= 11 is 0. The maximum absolute atomic E-state index is 13.9. The van der Waals surface area contributed by atoms with Gasteiger partial charge >= 0.3 is 0 Å². The molecule has 1 heterocycles. The van der Waals surface area contributed by atoms with Gasteiger partial charge in [-0.1, -0.05) is 13.8 Å². The second kappa shape index (κ2) is 5.33. The number of benzene rings is 1. The number of rotatable bonds is 2. The third-order valence-electron chi connectivity index (χ3n) is 4.09. The highest BCUT2D eigenvalue weighted by Crippen LogP contribution is 2.32. The van der Waals surface area contributed by atoms with Gasteiger partial charge in [0.25, 0.3) is 0 Å². The van der Waals surface area contributed by atoms with E-state index in [0.29, 0.717) is 6.54 Å². The van der Waals surface area contributed by atoms with E-state index in [4.69, 9.17) is 5.73 Å². The van der Waals surface area contributed by atoms with Gasteiger partial charge in [-0.15, -0.1) is 0 Å². The van der Waals surface area contributed by atoms with Crippen LogP contribution in [0.2, 0.25) is 0 Å². The highest BCUT2D eigenvalue weighted by Gasteiger charge is 2.38. The quantitative estimate of drug-likeness (QED) is 0.853. The second-order valence-corrected chi connectivity index (χ2v) is 7.68. The first-order valence-corrected chi connectivity index (χ1v) is 8.24. The first kappa shape index (κ1) is 15.3. The van der Waals surface area contributed by atoms with E-state index in [0.717, 1.165) is 12.5 Å². The SMILES string of the molecule is CC1CC(C)C(C)N(S(=O)(=O)c2ccc(N)cc2F)C1. The van der Waals surface area contributed by atoms with Gasteiger partial charge in [0.15, 0.2) is 0 Å². The number of nitrogens with two attached hydrogens (primary N) is 1. The predicted molar refractivity (Wildman–Crippen MR) is 77.1 cm³/mol. The number of nitrogen functional groups attached to an aromatic ring is 1. The standard InChI is InChI=1S/C14H21FN2O2S/c1-9-6-10(2)11(3)17(8-9)20(18,19)14-5-4-12(16)7-13(14)15/h4-5,7,9-11H,6,8,16H2,1-3H3. The van der Waals surface area contributed by atoms with Crippen LogP contribution in [0.15, 0.2) is 23.1 Å². The van der Waals surface area contributed by atoms with Crippen molar-refractivity contribution in [2.45, 2.75) is 38.1 Å². The van der Waals surface area contributed by atoms with Crippen LogP contribution in [0.3, 0.4) is 0 Å². The van der Waals surface area contributed by atoms with Gasteiger partial charge in [0.05, 0.1) is 0 Å². The Kier molecular flexibility index (Phi) is 4.07. The lowest BCUT2D eigenvalue weighted by molar-refractivity contribution is 0.157. The third-order valence-corrected chi connectivity index (χ3v) is 6.07. The molecule has 112 valence electrons. The van der Waals surface area contributed by atoms with Crippen molar-refractivity contribution in [2.24, 2.45) is 11.8 Å². The normalized spacial score (nSPS) is 28.5. The molecule has 1 aromatic rings. The predicted octanol–water partition coefficient (Wildman–Crippen LogP) is 2.46. The van der Waals surface area contributed by atoms with E-state index in [1.54, 1.807) is 0 Å².